The molecule has 0 aliphatic heterocycles. The quantitative estimate of drug-likeness (QED) is 0.638. The van der Waals surface area contributed by atoms with Gasteiger partial charge in [-0.3, -0.25) is 0 Å². The van der Waals surface area contributed by atoms with Crippen LogP contribution in [0.1, 0.15) is 28.2 Å². The Kier molecular flexibility index (Phi) is 4.34. The Labute approximate surface area is 122 Å². The zero-order valence-corrected chi connectivity index (χ0v) is 12.0. The molecule has 98 valence electrons. The molecule has 0 spiro atoms. The lowest BCUT2D eigenvalue weighted by molar-refractivity contribution is 0.923. The third kappa shape index (κ3) is 3.14. The fourth-order valence-electron chi connectivity index (χ4n) is 1.80. The van der Waals surface area contributed by atoms with Crippen molar-refractivity contribution in [1.29, 1.82) is 10.5 Å². The van der Waals surface area contributed by atoms with Crippen LogP contribution in [0.25, 0.3) is 0 Å². The number of hydrogen-bond acceptors (Lipinski definition) is 5. The smallest absolute Gasteiger partial charge is 0.126 e. The third-order valence-corrected chi connectivity index (χ3v) is 3.76. The minimum Gasteiger partial charge on any atom is -0.237 e. The molecule has 1 aromatic carbocycles. The number of rotatable bonds is 3. The fourth-order valence-corrected chi connectivity index (χ4v) is 2.81. The number of thioether (sulfide) groups is 1. The number of nitriles is 2. The minimum atomic E-state index is 0.525. The Morgan fingerprint density at radius 2 is 1.95 bits per heavy atom. The molecule has 2 aromatic rings. The van der Waals surface area contributed by atoms with Crippen molar-refractivity contribution in [1.82, 2.24) is 9.97 Å². The van der Waals surface area contributed by atoms with Crippen molar-refractivity contribution < 1.29 is 0 Å². The summed E-state index contributed by atoms with van der Waals surface area (Å²) in [6, 6.07) is 11.7. The highest BCUT2D eigenvalue weighted by Gasteiger charge is 2.10. The van der Waals surface area contributed by atoms with Gasteiger partial charge in [0.05, 0.1) is 17.3 Å². The topological polar surface area (TPSA) is 73.4 Å². The maximum Gasteiger partial charge on any atom is 0.126 e. The van der Waals surface area contributed by atoms with Gasteiger partial charge in [0.1, 0.15) is 22.5 Å². The van der Waals surface area contributed by atoms with Gasteiger partial charge in [-0.05, 0) is 31.5 Å². The molecule has 20 heavy (non-hydrogen) atoms. The summed E-state index contributed by atoms with van der Waals surface area (Å²) in [6.45, 7) is 3.63. The van der Waals surface area contributed by atoms with E-state index in [4.69, 9.17) is 5.26 Å². The van der Waals surface area contributed by atoms with Gasteiger partial charge in [-0.1, -0.05) is 12.1 Å². The largest absolute Gasteiger partial charge is 0.237 e. The average Bonchev–Trinajstić information content (AvgIpc) is 2.45. The first kappa shape index (κ1) is 14.0. The summed E-state index contributed by atoms with van der Waals surface area (Å²) < 4.78 is 0. The first-order valence-electron chi connectivity index (χ1n) is 6.01. The van der Waals surface area contributed by atoms with Crippen molar-refractivity contribution in [3.05, 3.63) is 52.5 Å². The summed E-state index contributed by atoms with van der Waals surface area (Å²) in [5.41, 5.74) is 2.90. The van der Waals surface area contributed by atoms with Crippen LogP contribution >= 0.6 is 11.8 Å². The van der Waals surface area contributed by atoms with Crippen LogP contribution in [0, 0.1) is 36.5 Å². The molecule has 5 heteroatoms. The predicted molar refractivity (Wildman–Crippen MR) is 76.9 cm³/mol. The highest BCUT2D eigenvalue weighted by Crippen LogP contribution is 2.25. The van der Waals surface area contributed by atoms with Crippen molar-refractivity contribution in [2.45, 2.75) is 24.6 Å². The third-order valence-electron chi connectivity index (χ3n) is 2.71. The van der Waals surface area contributed by atoms with Crippen LogP contribution in [-0.2, 0) is 5.75 Å². The SMILES string of the molecule is Cc1nc(C)c(C#N)c(SCc2cccc(C#N)c2)n1. The zero-order chi connectivity index (χ0) is 14.5. The molecular weight excluding hydrogens is 268 g/mol. The molecule has 0 atom stereocenters. The van der Waals surface area contributed by atoms with Crippen molar-refractivity contribution in [2.75, 3.05) is 0 Å². The van der Waals surface area contributed by atoms with Crippen LogP contribution in [0.5, 0.6) is 0 Å². The molecule has 0 amide bonds. The van der Waals surface area contributed by atoms with E-state index < -0.39 is 0 Å². The summed E-state index contributed by atoms with van der Waals surface area (Å²) in [5.74, 6) is 1.33. The van der Waals surface area contributed by atoms with Crippen molar-refractivity contribution in [3.8, 4) is 12.1 Å². The molecule has 4 nitrogen and oxygen atoms in total. The number of hydrogen-bond donors (Lipinski definition) is 0. The fraction of sp³-hybridized carbons (Fsp3) is 0.200. The van der Waals surface area contributed by atoms with E-state index in [-0.39, 0.29) is 0 Å². The summed E-state index contributed by atoms with van der Waals surface area (Å²) in [6.07, 6.45) is 0. The van der Waals surface area contributed by atoms with Gasteiger partial charge in [0.2, 0.25) is 0 Å². The van der Waals surface area contributed by atoms with Crippen LogP contribution in [0.15, 0.2) is 29.3 Å². The number of aryl methyl sites for hydroxylation is 2. The molecule has 1 heterocycles. The van der Waals surface area contributed by atoms with E-state index in [0.29, 0.717) is 33.4 Å². The molecule has 0 radical (unpaired) electrons. The highest BCUT2D eigenvalue weighted by molar-refractivity contribution is 7.98. The van der Waals surface area contributed by atoms with Crippen molar-refractivity contribution in [2.24, 2.45) is 0 Å². The first-order valence-corrected chi connectivity index (χ1v) is 6.99. The van der Waals surface area contributed by atoms with Crippen molar-refractivity contribution in [3.63, 3.8) is 0 Å². The number of benzene rings is 1. The molecule has 0 unspecified atom stereocenters. The van der Waals surface area contributed by atoms with Gasteiger partial charge >= 0.3 is 0 Å². The van der Waals surface area contributed by atoms with E-state index in [9.17, 15) is 5.26 Å². The molecule has 2 rings (SSSR count). The first-order chi connectivity index (χ1) is 9.63. The van der Waals surface area contributed by atoms with E-state index >= 15 is 0 Å². The summed E-state index contributed by atoms with van der Waals surface area (Å²) in [7, 11) is 0. The second kappa shape index (κ2) is 6.18. The summed E-state index contributed by atoms with van der Waals surface area (Å²) in [5, 5.41) is 18.8. The Hall–Kier alpha value is -2.37. The molecule has 0 bridgehead atoms. The van der Waals surface area contributed by atoms with E-state index in [0.717, 1.165) is 5.56 Å². The van der Waals surface area contributed by atoms with Crippen LogP contribution in [0.3, 0.4) is 0 Å². The van der Waals surface area contributed by atoms with Gasteiger partial charge in [0.15, 0.2) is 0 Å². The Bertz CT molecular complexity index is 726. The summed E-state index contributed by atoms with van der Waals surface area (Å²) in [4.78, 5) is 8.52. The molecule has 0 fully saturated rings. The second-order valence-electron chi connectivity index (χ2n) is 4.25. The lowest BCUT2D eigenvalue weighted by Gasteiger charge is -2.06. The molecule has 1 aromatic heterocycles. The lowest BCUT2D eigenvalue weighted by atomic mass is 10.2. The van der Waals surface area contributed by atoms with Gasteiger partial charge in [0, 0.05) is 5.75 Å². The van der Waals surface area contributed by atoms with Crippen molar-refractivity contribution >= 4 is 11.8 Å². The van der Waals surface area contributed by atoms with E-state index in [1.807, 2.05) is 32.0 Å². The second-order valence-corrected chi connectivity index (χ2v) is 5.21. The Morgan fingerprint density at radius 1 is 1.15 bits per heavy atom. The average molecular weight is 280 g/mol. The van der Waals surface area contributed by atoms with E-state index in [1.165, 1.54) is 11.8 Å². The van der Waals surface area contributed by atoms with Gasteiger partial charge < -0.3 is 0 Å². The van der Waals surface area contributed by atoms with Gasteiger partial charge in [-0.25, -0.2) is 9.97 Å². The monoisotopic (exact) mass is 280 g/mol. The normalized spacial score (nSPS) is 9.80. The number of aromatic nitrogens is 2. The molecule has 0 N–H and O–H groups in total. The minimum absolute atomic E-state index is 0.525. The maximum atomic E-state index is 9.18. The molecule has 0 aliphatic rings. The number of nitrogens with zero attached hydrogens (tertiary/aromatic N) is 4. The van der Waals surface area contributed by atoms with E-state index in [1.54, 1.807) is 6.07 Å². The molecule has 0 aliphatic carbocycles. The molecular formula is C15H12N4S. The van der Waals surface area contributed by atoms with Gasteiger partial charge in [0.25, 0.3) is 0 Å². The predicted octanol–water partition coefficient (Wildman–Crippen LogP) is 3.13. The standard InChI is InChI=1S/C15H12N4S/c1-10-14(8-17)15(19-11(2)18-10)20-9-13-5-3-4-12(6-13)7-16/h3-6H,9H2,1-2H3. The van der Waals surface area contributed by atoms with Crippen LogP contribution in [0.2, 0.25) is 0 Å². The zero-order valence-electron chi connectivity index (χ0n) is 11.2. The Morgan fingerprint density at radius 3 is 2.65 bits per heavy atom. The van der Waals surface area contributed by atoms with Crippen LogP contribution in [-0.4, -0.2) is 9.97 Å². The molecule has 0 saturated carbocycles. The van der Waals surface area contributed by atoms with Crippen LogP contribution < -0.4 is 0 Å². The lowest BCUT2D eigenvalue weighted by Crippen LogP contribution is -1.99. The maximum absolute atomic E-state index is 9.18. The van der Waals surface area contributed by atoms with Crippen LogP contribution in [0.4, 0.5) is 0 Å². The Balaban J connectivity index is 2.23. The van der Waals surface area contributed by atoms with Gasteiger partial charge in [-0.2, -0.15) is 10.5 Å². The van der Waals surface area contributed by atoms with E-state index in [2.05, 4.69) is 22.1 Å². The molecule has 0 saturated heterocycles. The highest BCUT2D eigenvalue weighted by atomic mass is 32.2. The van der Waals surface area contributed by atoms with Gasteiger partial charge in [-0.15, -0.1) is 11.8 Å². The summed E-state index contributed by atoms with van der Waals surface area (Å²) >= 11 is 1.49.